The van der Waals surface area contributed by atoms with Gasteiger partial charge < -0.3 is 0 Å². The van der Waals surface area contributed by atoms with Gasteiger partial charge in [-0.15, -0.1) is 0 Å². The van der Waals surface area contributed by atoms with Gasteiger partial charge in [-0.2, -0.15) is 22.7 Å². The van der Waals surface area contributed by atoms with E-state index in [0.29, 0.717) is 16.4 Å². The topological polar surface area (TPSA) is 104 Å². The highest BCUT2D eigenvalue weighted by Gasteiger charge is 2.39. The van der Waals surface area contributed by atoms with Crippen LogP contribution in [-0.4, -0.2) is 31.2 Å². The lowest BCUT2D eigenvalue weighted by atomic mass is 10.2. The second-order valence-electron chi connectivity index (χ2n) is 3.85. The number of nitriles is 1. The summed E-state index contributed by atoms with van der Waals surface area (Å²) in [6.45, 7) is -0.656. The predicted molar refractivity (Wildman–Crippen MR) is 63.5 cm³/mol. The van der Waals surface area contributed by atoms with Gasteiger partial charge in [0.05, 0.1) is 21.5 Å². The van der Waals surface area contributed by atoms with Crippen molar-refractivity contribution >= 4 is 15.7 Å². The fourth-order valence-corrected chi connectivity index (χ4v) is 2.69. The fourth-order valence-electron chi connectivity index (χ4n) is 1.43. The molecule has 11 heteroatoms. The van der Waals surface area contributed by atoms with E-state index in [9.17, 15) is 31.7 Å². The molecule has 21 heavy (non-hydrogen) atoms. The van der Waals surface area contributed by atoms with Gasteiger partial charge in [-0.05, 0) is 6.07 Å². The quantitative estimate of drug-likeness (QED) is 0.477. The van der Waals surface area contributed by atoms with Gasteiger partial charge >= 0.3 is 6.18 Å². The number of non-ortho nitro benzene ring substituents is 1. The Labute approximate surface area is 117 Å². The van der Waals surface area contributed by atoms with Crippen LogP contribution in [-0.2, 0) is 16.2 Å². The number of rotatable bonds is 4. The molecule has 0 atom stereocenters. The number of hydrogen-bond donors (Lipinski definition) is 0. The molecule has 0 fully saturated rings. The lowest BCUT2D eigenvalue weighted by Gasteiger charge is -2.17. The fraction of sp³-hybridized carbons (Fsp3) is 0.300. The second-order valence-corrected chi connectivity index (χ2v) is 5.87. The first-order chi connectivity index (χ1) is 9.51. The van der Waals surface area contributed by atoms with E-state index >= 15 is 0 Å². The van der Waals surface area contributed by atoms with Crippen molar-refractivity contribution in [3.8, 4) is 6.07 Å². The van der Waals surface area contributed by atoms with E-state index in [2.05, 4.69) is 0 Å². The summed E-state index contributed by atoms with van der Waals surface area (Å²) in [6, 6.07) is 2.79. The molecular weight excluding hydrogens is 315 g/mol. The zero-order chi connectivity index (χ0) is 16.4. The molecule has 0 N–H and O–H groups in total. The van der Waals surface area contributed by atoms with Gasteiger partial charge in [0.25, 0.3) is 5.69 Å². The summed E-state index contributed by atoms with van der Waals surface area (Å²) in [7, 11) is -3.66. The second kappa shape index (κ2) is 5.66. The van der Waals surface area contributed by atoms with Crippen LogP contribution in [0.1, 0.15) is 5.56 Å². The first-order valence-corrected chi connectivity index (χ1v) is 6.64. The molecule has 1 rings (SSSR count). The van der Waals surface area contributed by atoms with Crippen molar-refractivity contribution in [1.82, 2.24) is 4.31 Å². The van der Waals surface area contributed by atoms with Crippen LogP contribution in [0.4, 0.5) is 18.9 Å². The highest BCUT2D eigenvalue weighted by Crippen LogP contribution is 2.37. The van der Waals surface area contributed by atoms with Gasteiger partial charge in [-0.25, -0.2) is 8.42 Å². The van der Waals surface area contributed by atoms with Crippen LogP contribution < -0.4 is 0 Å². The Hall–Kier alpha value is -2.19. The van der Waals surface area contributed by atoms with E-state index in [-0.39, 0.29) is 6.07 Å². The monoisotopic (exact) mass is 323 g/mol. The summed E-state index contributed by atoms with van der Waals surface area (Å²) in [6.07, 6.45) is -5.10. The molecule has 0 aromatic heterocycles. The van der Waals surface area contributed by atoms with Crippen LogP contribution in [0.3, 0.4) is 0 Å². The summed E-state index contributed by atoms with van der Waals surface area (Å²) < 4.78 is 63.1. The molecular formula is C10H8F3N3O4S. The minimum absolute atomic E-state index is 0.146. The molecule has 7 nitrogen and oxygen atoms in total. The molecule has 1 aromatic rings. The number of sulfonamides is 1. The summed E-state index contributed by atoms with van der Waals surface area (Å²) in [5, 5.41) is 18.9. The summed E-state index contributed by atoms with van der Waals surface area (Å²) >= 11 is 0. The molecule has 1 aromatic carbocycles. The van der Waals surface area contributed by atoms with Crippen molar-refractivity contribution in [2.75, 3.05) is 13.6 Å². The lowest BCUT2D eigenvalue weighted by Crippen LogP contribution is -2.29. The maximum absolute atomic E-state index is 12.9. The highest BCUT2D eigenvalue weighted by atomic mass is 32.2. The van der Waals surface area contributed by atoms with Crippen LogP contribution in [0, 0.1) is 21.4 Å². The molecule has 0 spiro atoms. The van der Waals surface area contributed by atoms with Crippen LogP contribution >= 0.6 is 0 Å². The smallest absolute Gasteiger partial charge is 0.258 e. The Bertz CT molecular complexity index is 709. The van der Waals surface area contributed by atoms with Crippen molar-refractivity contribution in [2.45, 2.75) is 11.1 Å². The SMILES string of the molecule is CN(CC#N)S(=O)(=O)c1ccc([N+](=O)[O-])cc1C(F)(F)F. The summed E-state index contributed by atoms with van der Waals surface area (Å²) in [5.74, 6) is 0. The van der Waals surface area contributed by atoms with E-state index < -0.39 is 43.8 Å². The number of nitro benzene ring substituents is 1. The normalized spacial score (nSPS) is 12.2. The first-order valence-electron chi connectivity index (χ1n) is 5.20. The van der Waals surface area contributed by atoms with Gasteiger partial charge in [-0.1, -0.05) is 0 Å². The average Bonchev–Trinajstić information content (AvgIpc) is 2.37. The van der Waals surface area contributed by atoms with E-state index in [4.69, 9.17) is 5.26 Å². The maximum Gasteiger partial charge on any atom is 0.417 e. The molecule has 0 unspecified atom stereocenters. The Kier molecular flexibility index (Phi) is 4.55. The maximum atomic E-state index is 12.9. The van der Waals surface area contributed by atoms with Gasteiger partial charge in [0, 0.05) is 19.2 Å². The molecule has 0 saturated carbocycles. The third kappa shape index (κ3) is 3.47. The minimum atomic E-state index is -5.10. The minimum Gasteiger partial charge on any atom is -0.258 e. The molecule has 0 bridgehead atoms. The Morgan fingerprint density at radius 1 is 1.43 bits per heavy atom. The van der Waals surface area contributed by atoms with Crippen LogP contribution in [0.25, 0.3) is 0 Å². The first kappa shape index (κ1) is 16.9. The van der Waals surface area contributed by atoms with Gasteiger partial charge in [0.15, 0.2) is 0 Å². The van der Waals surface area contributed by atoms with Gasteiger partial charge in [0.1, 0.15) is 6.54 Å². The number of alkyl halides is 3. The van der Waals surface area contributed by atoms with Crippen molar-refractivity contribution in [3.63, 3.8) is 0 Å². The molecule has 0 aliphatic carbocycles. The van der Waals surface area contributed by atoms with Gasteiger partial charge in [-0.3, -0.25) is 10.1 Å². The Morgan fingerprint density at radius 3 is 2.43 bits per heavy atom. The molecule has 0 radical (unpaired) electrons. The number of nitro groups is 1. The molecule has 114 valence electrons. The van der Waals surface area contributed by atoms with E-state index in [0.717, 1.165) is 7.05 Å². The summed E-state index contributed by atoms with van der Waals surface area (Å²) in [4.78, 5) is 8.31. The predicted octanol–water partition coefficient (Wildman–Crippen LogP) is 1.76. The molecule has 0 amide bonds. The third-order valence-electron chi connectivity index (χ3n) is 2.46. The van der Waals surface area contributed by atoms with Crippen LogP contribution in [0.2, 0.25) is 0 Å². The Morgan fingerprint density at radius 2 is 2.00 bits per heavy atom. The molecule has 0 saturated heterocycles. The number of benzene rings is 1. The van der Waals surface area contributed by atoms with Crippen molar-refractivity contribution in [3.05, 3.63) is 33.9 Å². The molecule has 0 aliphatic heterocycles. The standard InChI is InChI=1S/C10H8F3N3O4S/c1-15(5-4-14)21(19,20)9-3-2-7(16(17)18)6-8(9)10(11,12)13/h2-3,6H,5H2,1H3. The molecule has 0 aliphatic rings. The van der Waals surface area contributed by atoms with Crippen LogP contribution in [0.5, 0.6) is 0 Å². The molecule has 0 heterocycles. The van der Waals surface area contributed by atoms with Crippen LogP contribution in [0.15, 0.2) is 23.1 Å². The van der Waals surface area contributed by atoms with Gasteiger partial charge in [0.2, 0.25) is 10.0 Å². The third-order valence-corrected chi connectivity index (χ3v) is 4.32. The number of hydrogen-bond acceptors (Lipinski definition) is 5. The van der Waals surface area contributed by atoms with Crippen molar-refractivity contribution in [2.24, 2.45) is 0 Å². The highest BCUT2D eigenvalue weighted by molar-refractivity contribution is 7.89. The van der Waals surface area contributed by atoms with Crippen molar-refractivity contribution in [1.29, 1.82) is 5.26 Å². The van der Waals surface area contributed by atoms with E-state index in [1.54, 1.807) is 0 Å². The zero-order valence-electron chi connectivity index (χ0n) is 10.5. The average molecular weight is 323 g/mol. The lowest BCUT2D eigenvalue weighted by molar-refractivity contribution is -0.385. The number of halogens is 3. The summed E-state index contributed by atoms with van der Waals surface area (Å²) in [5.41, 5.74) is -2.54. The van der Waals surface area contributed by atoms with E-state index in [1.807, 2.05) is 0 Å². The number of nitrogens with zero attached hydrogens (tertiary/aromatic N) is 3. The zero-order valence-corrected chi connectivity index (χ0v) is 11.3. The van der Waals surface area contributed by atoms with Crippen molar-refractivity contribution < 1.29 is 26.5 Å². The Balaban J connectivity index is 3.58. The van der Waals surface area contributed by atoms with E-state index in [1.165, 1.54) is 6.07 Å². The largest absolute Gasteiger partial charge is 0.417 e.